The molecule has 0 spiro atoms. The van der Waals surface area contributed by atoms with E-state index in [4.69, 9.17) is 10.00 Å². The first-order chi connectivity index (χ1) is 17.1. The number of carbonyl (C=O) groups is 2. The van der Waals surface area contributed by atoms with Crippen molar-refractivity contribution in [2.24, 2.45) is 0 Å². The van der Waals surface area contributed by atoms with Gasteiger partial charge in [0.1, 0.15) is 10.8 Å². The van der Waals surface area contributed by atoms with Crippen molar-refractivity contribution in [3.63, 3.8) is 0 Å². The highest BCUT2D eigenvalue weighted by Gasteiger charge is 2.23. The third-order valence-corrected chi connectivity index (χ3v) is 7.56. The van der Waals surface area contributed by atoms with Gasteiger partial charge in [0.05, 0.1) is 42.1 Å². The standard InChI is InChI=1S/C26H18N4O3S2/c1-33-21-11-23-20(30-25(32)18-4-2-3-5-22(18)35-23)10-19(21)24(31)28-13-17-14-29-26(34-17)16-8-6-15(12-27)7-9-16/h2-11,14H,13H2,1H3,(H,28,31)(H,30,32). The largest absolute Gasteiger partial charge is 0.496 e. The van der Waals surface area contributed by atoms with Crippen molar-refractivity contribution in [2.75, 3.05) is 12.4 Å². The second kappa shape index (κ2) is 9.62. The number of hydrogen-bond acceptors (Lipinski definition) is 7. The summed E-state index contributed by atoms with van der Waals surface area (Å²) in [5, 5.41) is 15.6. The Labute approximate surface area is 209 Å². The lowest BCUT2D eigenvalue weighted by Crippen LogP contribution is -2.23. The van der Waals surface area contributed by atoms with E-state index in [9.17, 15) is 9.59 Å². The monoisotopic (exact) mass is 498 g/mol. The molecule has 172 valence electrons. The molecule has 0 fully saturated rings. The Balaban J connectivity index is 1.34. The Morgan fingerprint density at radius 1 is 1.14 bits per heavy atom. The summed E-state index contributed by atoms with van der Waals surface area (Å²) in [5.41, 5.74) is 2.97. The third-order valence-electron chi connectivity index (χ3n) is 5.38. The fourth-order valence-electron chi connectivity index (χ4n) is 3.61. The van der Waals surface area contributed by atoms with Crippen molar-refractivity contribution in [3.05, 3.63) is 88.4 Å². The molecule has 0 unspecified atom stereocenters. The smallest absolute Gasteiger partial charge is 0.256 e. The summed E-state index contributed by atoms with van der Waals surface area (Å²) in [6, 6.07) is 20.1. The molecule has 3 aromatic carbocycles. The number of thiazole rings is 1. The SMILES string of the molecule is COc1cc2c(cc1C(=O)NCc1cnc(-c3ccc(C#N)cc3)s1)NC(=O)c1ccccc1S2. The van der Waals surface area contributed by atoms with Crippen LogP contribution in [-0.4, -0.2) is 23.9 Å². The van der Waals surface area contributed by atoms with Crippen LogP contribution in [-0.2, 0) is 6.54 Å². The number of methoxy groups -OCH3 is 1. The van der Waals surface area contributed by atoms with Crippen LogP contribution in [0, 0.1) is 11.3 Å². The molecule has 0 saturated heterocycles. The molecule has 2 N–H and O–H groups in total. The number of benzene rings is 3. The van der Waals surface area contributed by atoms with E-state index in [0.29, 0.717) is 34.7 Å². The molecule has 1 aliphatic rings. The van der Waals surface area contributed by atoms with Crippen molar-refractivity contribution in [2.45, 2.75) is 16.3 Å². The minimum Gasteiger partial charge on any atom is -0.496 e. The maximum absolute atomic E-state index is 13.1. The quantitative estimate of drug-likeness (QED) is 0.385. The Morgan fingerprint density at radius 2 is 1.94 bits per heavy atom. The van der Waals surface area contributed by atoms with E-state index < -0.39 is 0 Å². The Morgan fingerprint density at radius 3 is 2.71 bits per heavy atom. The highest BCUT2D eigenvalue weighted by molar-refractivity contribution is 7.99. The van der Waals surface area contributed by atoms with Crippen molar-refractivity contribution in [1.29, 1.82) is 5.26 Å². The van der Waals surface area contributed by atoms with E-state index in [1.165, 1.54) is 30.2 Å². The molecule has 35 heavy (non-hydrogen) atoms. The Kier molecular flexibility index (Phi) is 6.23. The summed E-state index contributed by atoms with van der Waals surface area (Å²) >= 11 is 2.92. The van der Waals surface area contributed by atoms with Crippen LogP contribution < -0.4 is 15.4 Å². The fourth-order valence-corrected chi connectivity index (χ4v) is 5.51. The van der Waals surface area contributed by atoms with Gasteiger partial charge >= 0.3 is 0 Å². The van der Waals surface area contributed by atoms with Crippen LogP contribution in [0.25, 0.3) is 10.6 Å². The van der Waals surface area contributed by atoms with Crippen LogP contribution in [0.15, 0.2) is 76.7 Å². The predicted octanol–water partition coefficient (Wildman–Crippen LogP) is 5.34. The summed E-state index contributed by atoms with van der Waals surface area (Å²) in [4.78, 5) is 32.7. The molecular weight excluding hydrogens is 480 g/mol. The zero-order valence-corrected chi connectivity index (χ0v) is 20.1. The number of aromatic nitrogens is 1. The number of carbonyl (C=O) groups excluding carboxylic acids is 2. The van der Waals surface area contributed by atoms with Crippen LogP contribution in [0.4, 0.5) is 5.69 Å². The molecule has 5 rings (SSSR count). The van der Waals surface area contributed by atoms with Gasteiger partial charge in [-0.1, -0.05) is 36.0 Å². The van der Waals surface area contributed by atoms with Crippen LogP contribution in [0.2, 0.25) is 0 Å². The molecule has 0 atom stereocenters. The fraction of sp³-hybridized carbons (Fsp3) is 0.0769. The number of hydrogen-bond donors (Lipinski definition) is 2. The maximum Gasteiger partial charge on any atom is 0.256 e. The number of amides is 2. The van der Waals surface area contributed by atoms with E-state index in [0.717, 1.165) is 25.2 Å². The average Bonchev–Trinajstić information content (AvgIpc) is 3.32. The van der Waals surface area contributed by atoms with E-state index in [2.05, 4.69) is 21.7 Å². The van der Waals surface area contributed by atoms with Crippen LogP contribution in [0.1, 0.15) is 31.2 Å². The zero-order valence-electron chi connectivity index (χ0n) is 18.5. The first-order valence-corrected chi connectivity index (χ1v) is 12.2. The van der Waals surface area contributed by atoms with E-state index in [1.54, 1.807) is 36.5 Å². The molecule has 1 aromatic heterocycles. The number of fused-ring (bicyclic) bond motifs is 2. The zero-order chi connectivity index (χ0) is 24.4. The highest BCUT2D eigenvalue weighted by atomic mass is 32.2. The molecule has 1 aliphatic heterocycles. The van der Waals surface area contributed by atoms with Crippen LogP contribution in [0.3, 0.4) is 0 Å². The maximum atomic E-state index is 13.1. The normalized spacial score (nSPS) is 11.9. The minimum atomic E-state index is -0.320. The van der Waals surface area contributed by atoms with Gasteiger partial charge in [0.25, 0.3) is 11.8 Å². The third kappa shape index (κ3) is 4.62. The van der Waals surface area contributed by atoms with Gasteiger partial charge < -0.3 is 15.4 Å². The lowest BCUT2D eigenvalue weighted by Gasteiger charge is -2.13. The summed E-state index contributed by atoms with van der Waals surface area (Å²) in [6.45, 7) is 0.291. The average molecular weight is 499 g/mol. The minimum absolute atomic E-state index is 0.219. The van der Waals surface area contributed by atoms with E-state index in [-0.39, 0.29) is 11.8 Å². The molecule has 7 nitrogen and oxygen atoms in total. The van der Waals surface area contributed by atoms with Crippen molar-refractivity contribution in [3.8, 4) is 22.4 Å². The van der Waals surface area contributed by atoms with Gasteiger partial charge in [-0.2, -0.15) is 5.26 Å². The second-order valence-electron chi connectivity index (χ2n) is 7.60. The molecule has 9 heteroatoms. The molecule has 0 aliphatic carbocycles. The first kappa shape index (κ1) is 22.7. The number of anilines is 1. The highest BCUT2D eigenvalue weighted by Crippen LogP contribution is 2.41. The molecule has 0 radical (unpaired) electrons. The summed E-state index contributed by atoms with van der Waals surface area (Å²) < 4.78 is 5.50. The number of nitrogens with zero attached hydrogens (tertiary/aromatic N) is 2. The molecule has 4 aromatic rings. The van der Waals surface area contributed by atoms with Crippen molar-refractivity contribution in [1.82, 2.24) is 10.3 Å². The lowest BCUT2D eigenvalue weighted by atomic mass is 10.1. The molecule has 2 amide bonds. The number of rotatable bonds is 5. The van der Waals surface area contributed by atoms with Gasteiger partial charge in [0.15, 0.2) is 0 Å². The van der Waals surface area contributed by atoms with E-state index in [1.807, 2.05) is 30.3 Å². The Hall–Kier alpha value is -4.13. The molecule has 0 bridgehead atoms. The predicted molar refractivity (Wildman–Crippen MR) is 135 cm³/mol. The van der Waals surface area contributed by atoms with Gasteiger partial charge in [-0.15, -0.1) is 11.3 Å². The van der Waals surface area contributed by atoms with Gasteiger partial charge in [-0.05, 0) is 36.4 Å². The number of ether oxygens (including phenoxy) is 1. The van der Waals surface area contributed by atoms with Crippen LogP contribution >= 0.6 is 23.1 Å². The van der Waals surface area contributed by atoms with Crippen LogP contribution in [0.5, 0.6) is 5.75 Å². The van der Waals surface area contributed by atoms with Crippen molar-refractivity contribution >= 4 is 40.6 Å². The summed E-state index contributed by atoms with van der Waals surface area (Å²) in [6.07, 6.45) is 1.72. The summed E-state index contributed by atoms with van der Waals surface area (Å²) in [5.74, 6) is -0.118. The van der Waals surface area contributed by atoms with Crippen molar-refractivity contribution < 1.29 is 14.3 Å². The number of nitrogens with one attached hydrogen (secondary N) is 2. The Bertz CT molecular complexity index is 1490. The molecule has 0 saturated carbocycles. The topological polar surface area (TPSA) is 104 Å². The van der Waals surface area contributed by atoms with Gasteiger partial charge in [-0.25, -0.2) is 4.98 Å². The first-order valence-electron chi connectivity index (χ1n) is 10.6. The summed E-state index contributed by atoms with van der Waals surface area (Å²) in [7, 11) is 1.51. The molecular formula is C26H18N4O3S2. The second-order valence-corrected chi connectivity index (χ2v) is 9.80. The molecule has 2 heterocycles. The van der Waals surface area contributed by atoms with Gasteiger partial charge in [0, 0.05) is 26.4 Å². The number of nitriles is 1. The van der Waals surface area contributed by atoms with Gasteiger partial charge in [-0.3, -0.25) is 9.59 Å². The van der Waals surface area contributed by atoms with Gasteiger partial charge in [0.2, 0.25) is 0 Å². The lowest BCUT2D eigenvalue weighted by molar-refractivity contribution is 0.0946. The van der Waals surface area contributed by atoms with E-state index >= 15 is 0 Å².